The van der Waals surface area contributed by atoms with E-state index in [1.807, 2.05) is 5.32 Å². The topological polar surface area (TPSA) is 131 Å². The molecule has 1 aromatic rings. The summed E-state index contributed by atoms with van der Waals surface area (Å²) < 4.78 is 37.5. The van der Waals surface area contributed by atoms with Gasteiger partial charge in [-0.05, 0) is 44.9 Å². The van der Waals surface area contributed by atoms with E-state index in [4.69, 9.17) is 9.47 Å². The number of sulfonamides is 1. The van der Waals surface area contributed by atoms with E-state index < -0.39 is 34.5 Å². The summed E-state index contributed by atoms with van der Waals surface area (Å²) >= 11 is 0. The van der Waals surface area contributed by atoms with Crippen LogP contribution in [-0.2, 0) is 19.6 Å². The standard InChI is InChI=1S/C20H29N3O7S/c1-14(2)21-20(26)22-18(24)13-30-19(25)16-12-15(8-9-17(16)29-3)31(27,28)23-10-6-4-5-7-11-23/h8-9,12,14H,4-7,10-11,13H2,1-3H3,(H2,21,22,24,26). The highest BCUT2D eigenvalue weighted by Crippen LogP contribution is 2.26. The number of hydrogen-bond acceptors (Lipinski definition) is 7. The van der Waals surface area contributed by atoms with E-state index >= 15 is 0 Å². The third-order valence-electron chi connectivity index (χ3n) is 4.60. The number of nitrogens with one attached hydrogen (secondary N) is 2. The molecule has 0 aliphatic carbocycles. The lowest BCUT2D eigenvalue weighted by molar-refractivity contribution is -0.123. The molecule has 1 saturated heterocycles. The van der Waals surface area contributed by atoms with Crippen LogP contribution >= 0.6 is 0 Å². The van der Waals surface area contributed by atoms with E-state index in [1.54, 1.807) is 13.8 Å². The first kappa shape index (κ1) is 24.6. The number of rotatable bonds is 7. The van der Waals surface area contributed by atoms with Crippen LogP contribution in [-0.4, -0.2) is 63.5 Å². The van der Waals surface area contributed by atoms with Crippen molar-refractivity contribution < 1.29 is 32.3 Å². The maximum Gasteiger partial charge on any atom is 0.342 e. The molecular weight excluding hydrogens is 426 g/mol. The molecule has 1 aromatic carbocycles. The van der Waals surface area contributed by atoms with Crippen molar-refractivity contribution in [2.24, 2.45) is 0 Å². The molecule has 2 N–H and O–H groups in total. The van der Waals surface area contributed by atoms with Crippen molar-refractivity contribution in [3.05, 3.63) is 23.8 Å². The van der Waals surface area contributed by atoms with E-state index in [1.165, 1.54) is 29.6 Å². The Morgan fingerprint density at radius 3 is 2.32 bits per heavy atom. The molecule has 0 unspecified atom stereocenters. The zero-order valence-corrected chi connectivity index (χ0v) is 18.8. The van der Waals surface area contributed by atoms with Crippen molar-refractivity contribution in [3.63, 3.8) is 0 Å². The quantitative estimate of drug-likeness (QED) is 0.598. The number of ether oxygens (including phenoxy) is 2. The molecule has 31 heavy (non-hydrogen) atoms. The van der Waals surface area contributed by atoms with Crippen molar-refractivity contribution in [3.8, 4) is 5.75 Å². The molecule has 0 atom stereocenters. The monoisotopic (exact) mass is 455 g/mol. The van der Waals surface area contributed by atoms with Gasteiger partial charge in [0.2, 0.25) is 10.0 Å². The van der Waals surface area contributed by atoms with Crippen molar-refractivity contribution in [1.29, 1.82) is 0 Å². The van der Waals surface area contributed by atoms with Crippen LogP contribution in [0.5, 0.6) is 5.75 Å². The van der Waals surface area contributed by atoms with Gasteiger partial charge in [0.05, 0.1) is 12.0 Å². The average Bonchev–Trinajstić information content (AvgIpc) is 3.01. The fourth-order valence-electron chi connectivity index (χ4n) is 3.11. The normalized spacial score (nSPS) is 15.1. The molecule has 172 valence electrons. The summed E-state index contributed by atoms with van der Waals surface area (Å²) in [7, 11) is -2.46. The summed E-state index contributed by atoms with van der Waals surface area (Å²) in [6.07, 6.45) is 3.51. The number of nitrogens with zero attached hydrogens (tertiary/aromatic N) is 1. The minimum Gasteiger partial charge on any atom is -0.496 e. The number of benzene rings is 1. The molecule has 1 heterocycles. The predicted molar refractivity (Wildman–Crippen MR) is 112 cm³/mol. The van der Waals surface area contributed by atoms with Crippen LogP contribution in [0, 0.1) is 0 Å². The Balaban J connectivity index is 2.13. The van der Waals surface area contributed by atoms with E-state index in [2.05, 4.69) is 5.32 Å². The molecule has 0 spiro atoms. The second kappa shape index (κ2) is 11.1. The lowest BCUT2D eigenvalue weighted by Gasteiger charge is -2.20. The number of amides is 3. The summed E-state index contributed by atoms with van der Waals surface area (Å²) in [6, 6.07) is 3.05. The summed E-state index contributed by atoms with van der Waals surface area (Å²) in [5, 5.41) is 4.50. The third kappa shape index (κ3) is 6.93. The maximum atomic E-state index is 13.0. The summed E-state index contributed by atoms with van der Waals surface area (Å²) in [5.41, 5.74) is -0.127. The van der Waals surface area contributed by atoms with Crippen LogP contribution in [0.3, 0.4) is 0 Å². The van der Waals surface area contributed by atoms with Gasteiger partial charge in [-0.3, -0.25) is 10.1 Å². The highest BCUT2D eigenvalue weighted by Gasteiger charge is 2.27. The van der Waals surface area contributed by atoms with Crippen LogP contribution < -0.4 is 15.4 Å². The van der Waals surface area contributed by atoms with E-state index in [0.29, 0.717) is 13.1 Å². The Morgan fingerprint density at radius 1 is 1.10 bits per heavy atom. The van der Waals surface area contributed by atoms with E-state index in [9.17, 15) is 22.8 Å². The van der Waals surface area contributed by atoms with Gasteiger partial charge in [-0.1, -0.05) is 12.8 Å². The first-order chi connectivity index (χ1) is 14.6. The first-order valence-electron chi connectivity index (χ1n) is 10.1. The molecule has 0 bridgehead atoms. The van der Waals surface area contributed by atoms with Gasteiger partial charge < -0.3 is 14.8 Å². The minimum absolute atomic E-state index is 0.0529. The second-order valence-corrected chi connectivity index (χ2v) is 9.37. The van der Waals surface area contributed by atoms with Gasteiger partial charge in [0.15, 0.2) is 6.61 Å². The van der Waals surface area contributed by atoms with Crippen LogP contribution in [0.4, 0.5) is 4.79 Å². The Labute approximate surface area is 182 Å². The highest BCUT2D eigenvalue weighted by molar-refractivity contribution is 7.89. The summed E-state index contributed by atoms with van der Waals surface area (Å²) in [4.78, 5) is 35.8. The number of carbonyl (C=O) groups is 3. The van der Waals surface area contributed by atoms with Crippen molar-refractivity contribution in [2.45, 2.75) is 50.5 Å². The molecule has 1 fully saturated rings. The molecule has 2 rings (SSSR count). The van der Waals surface area contributed by atoms with Crippen LogP contribution in [0.25, 0.3) is 0 Å². The van der Waals surface area contributed by atoms with Crippen LogP contribution in [0.2, 0.25) is 0 Å². The zero-order valence-electron chi connectivity index (χ0n) is 18.0. The Bertz CT molecular complexity index is 907. The number of hydrogen-bond donors (Lipinski definition) is 2. The summed E-state index contributed by atoms with van der Waals surface area (Å²) in [5.74, 6) is -1.65. The molecule has 3 amide bonds. The lowest BCUT2D eigenvalue weighted by atomic mass is 10.2. The fraction of sp³-hybridized carbons (Fsp3) is 0.550. The molecule has 0 radical (unpaired) electrons. The smallest absolute Gasteiger partial charge is 0.342 e. The first-order valence-corrected chi connectivity index (χ1v) is 11.5. The maximum absolute atomic E-state index is 13.0. The highest BCUT2D eigenvalue weighted by atomic mass is 32.2. The Hall–Kier alpha value is -2.66. The van der Waals surface area contributed by atoms with Crippen LogP contribution in [0.15, 0.2) is 23.1 Å². The van der Waals surface area contributed by atoms with Gasteiger partial charge in [0.25, 0.3) is 5.91 Å². The lowest BCUT2D eigenvalue weighted by Crippen LogP contribution is -2.44. The number of urea groups is 1. The van der Waals surface area contributed by atoms with Crippen molar-refractivity contribution >= 4 is 27.9 Å². The molecule has 0 saturated carbocycles. The van der Waals surface area contributed by atoms with Gasteiger partial charge in [0.1, 0.15) is 11.3 Å². The average molecular weight is 456 g/mol. The van der Waals surface area contributed by atoms with Gasteiger partial charge in [0, 0.05) is 19.1 Å². The second-order valence-electron chi connectivity index (χ2n) is 7.43. The van der Waals surface area contributed by atoms with Gasteiger partial charge >= 0.3 is 12.0 Å². The van der Waals surface area contributed by atoms with Gasteiger partial charge in [-0.25, -0.2) is 18.0 Å². The molecular formula is C20H29N3O7S. The Morgan fingerprint density at radius 2 is 1.74 bits per heavy atom. The fourth-order valence-corrected chi connectivity index (χ4v) is 4.65. The SMILES string of the molecule is COc1ccc(S(=O)(=O)N2CCCCCC2)cc1C(=O)OCC(=O)NC(=O)NC(C)C. The minimum atomic E-state index is -3.79. The molecule has 1 aliphatic rings. The van der Waals surface area contributed by atoms with Crippen molar-refractivity contribution in [2.75, 3.05) is 26.8 Å². The molecule has 11 heteroatoms. The molecule has 1 aliphatic heterocycles. The van der Waals surface area contributed by atoms with E-state index in [-0.39, 0.29) is 22.3 Å². The number of carbonyl (C=O) groups excluding carboxylic acids is 3. The number of imide groups is 1. The van der Waals surface area contributed by atoms with Gasteiger partial charge in [-0.15, -0.1) is 0 Å². The number of methoxy groups -OCH3 is 1. The molecule has 10 nitrogen and oxygen atoms in total. The largest absolute Gasteiger partial charge is 0.496 e. The van der Waals surface area contributed by atoms with E-state index in [0.717, 1.165) is 25.7 Å². The summed E-state index contributed by atoms with van der Waals surface area (Å²) in [6.45, 7) is 3.59. The number of esters is 1. The van der Waals surface area contributed by atoms with Gasteiger partial charge in [-0.2, -0.15) is 4.31 Å². The van der Waals surface area contributed by atoms with Crippen molar-refractivity contribution in [1.82, 2.24) is 14.9 Å². The molecule has 0 aromatic heterocycles. The Kier molecular flexibility index (Phi) is 8.81. The van der Waals surface area contributed by atoms with Crippen LogP contribution in [0.1, 0.15) is 49.9 Å². The predicted octanol–water partition coefficient (Wildman–Crippen LogP) is 1.65. The zero-order chi connectivity index (χ0) is 23.0. The third-order valence-corrected chi connectivity index (χ3v) is 6.50.